The maximum absolute atomic E-state index is 12.4. The van der Waals surface area contributed by atoms with Crippen molar-refractivity contribution in [3.05, 3.63) is 40.4 Å². The zero-order chi connectivity index (χ0) is 12.6. The second-order valence-corrected chi connectivity index (χ2v) is 3.27. The summed E-state index contributed by atoms with van der Waals surface area (Å²) in [6.07, 6.45) is -3.35. The van der Waals surface area contributed by atoms with Crippen molar-refractivity contribution in [2.45, 2.75) is 6.18 Å². The molecule has 0 aliphatic carbocycles. The molecule has 90 valence electrons. The van der Waals surface area contributed by atoms with Crippen LogP contribution >= 0.6 is 0 Å². The first-order valence-corrected chi connectivity index (χ1v) is 4.56. The highest BCUT2D eigenvalue weighted by molar-refractivity contribution is 5.42. The van der Waals surface area contributed by atoms with E-state index in [4.69, 9.17) is 4.74 Å². The van der Waals surface area contributed by atoms with Gasteiger partial charge in [-0.15, -0.1) is 0 Å². The summed E-state index contributed by atoms with van der Waals surface area (Å²) in [5, 5.41) is 0. The van der Waals surface area contributed by atoms with Crippen molar-refractivity contribution in [1.29, 1.82) is 0 Å². The molecule has 2 aromatic rings. The molecule has 0 aromatic carbocycles. The molecule has 0 radical (unpaired) electrons. The van der Waals surface area contributed by atoms with E-state index in [0.29, 0.717) is 11.8 Å². The minimum atomic E-state index is -4.63. The Hall–Kier alpha value is -2.05. The molecular weight excluding hydrogens is 237 g/mol. The lowest BCUT2D eigenvalue weighted by atomic mass is 10.3. The predicted molar refractivity (Wildman–Crippen MR) is 53.0 cm³/mol. The van der Waals surface area contributed by atoms with E-state index < -0.39 is 17.4 Å². The summed E-state index contributed by atoms with van der Waals surface area (Å²) in [7, 11) is 1.39. The molecule has 0 bridgehead atoms. The van der Waals surface area contributed by atoms with E-state index in [1.165, 1.54) is 25.4 Å². The largest absolute Gasteiger partial charge is 0.495 e. The Balaban J connectivity index is 2.73. The lowest BCUT2D eigenvalue weighted by molar-refractivity contribution is -0.141. The van der Waals surface area contributed by atoms with E-state index in [-0.39, 0.29) is 5.65 Å². The monoisotopic (exact) mass is 244 g/mol. The Morgan fingerprint density at radius 1 is 1.35 bits per heavy atom. The second-order valence-electron chi connectivity index (χ2n) is 3.27. The molecule has 0 aliphatic rings. The average Bonchev–Trinajstić information content (AvgIpc) is 2.27. The molecule has 0 fully saturated rings. The maximum atomic E-state index is 12.4. The highest BCUT2D eigenvalue weighted by Gasteiger charge is 2.33. The van der Waals surface area contributed by atoms with Gasteiger partial charge in [0.25, 0.3) is 5.56 Å². The van der Waals surface area contributed by atoms with Crippen LogP contribution in [0.1, 0.15) is 5.69 Å². The third-order valence-corrected chi connectivity index (χ3v) is 2.16. The van der Waals surface area contributed by atoms with E-state index in [9.17, 15) is 18.0 Å². The first-order chi connectivity index (χ1) is 7.91. The van der Waals surface area contributed by atoms with Crippen LogP contribution in [0.3, 0.4) is 0 Å². The number of hydrogen-bond acceptors (Lipinski definition) is 3. The van der Waals surface area contributed by atoms with Gasteiger partial charge in [-0.2, -0.15) is 13.2 Å². The quantitative estimate of drug-likeness (QED) is 0.767. The summed E-state index contributed by atoms with van der Waals surface area (Å²) in [6.45, 7) is 0. The fourth-order valence-corrected chi connectivity index (χ4v) is 1.35. The molecule has 0 amide bonds. The first-order valence-electron chi connectivity index (χ1n) is 4.56. The molecule has 0 atom stereocenters. The highest BCUT2D eigenvalue weighted by Crippen LogP contribution is 2.26. The molecule has 0 unspecified atom stereocenters. The maximum Gasteiger partial charge on any atom is 0.433 e. The van der Waals surface area contributed by atoms with Crippen LogP contribution in [-0.4, -0.2) is 16.5 Å². The number of methoxy groups -OCH3 is 1. The van der Waals surface area contributed by atoms with Crippen molar-refractivity contribution in [3.63, 3.8) is 0 Å². The Kier molecular flexibility index (Phi) is 2.53. The number of aromatic nitrogens is 2. The Bertz CT molecular complexity index is 619. The van der Waals surface area contributed by atoms with Crippen molar-refractivity contribution in [2.24, 2.45) is 0 Å². The van der Waals surface area contributed by atoms with E-state index in [0.717, 1.165) is 4.40 Å². The number of fused-ring (bicyclic) bond motifs is 1. The molecule has 4 nitrogen and oxygen atoms in total. The number of rotatable bonds is 1. The fourth-order valence-electron chi connectivity index (χ4n) is 1.35. The van der Waals surface area contributed by atoms with Gasteiger partial charge in [0, 0.05) is 6.07 Å². The summed E-state index contributed by atoms with van der Waals surface area (Å²) in [6, 6.07) is 3.17. The highest BCUT2D eigenvalue weighted by atomic mass is 19.4. The number of nitrogens with zero attached hydrogens (tertiary/aromatic N) is 2. The number of hydrogen-bond donors (Lipinski definition) is 0. The summed E-state index contributed by atoms with van der Waals surface area (Å²) >= 11 is 0. The van der Waals surface area contributed by atoms with Crippen molar-refractivity contribution in [1.82, 2.24) is 9.38 Å². The van der Waals surface area contributed by atoms with Crippen LogP contribution in [0.5, 0.6) is 5.75 Å². The standard InChI is InChI=1S/C10H7F3N2O2/c1-17-6-2-3-8-14-7(10(11,12)13)4-9(16)15(8)5-6/h2-5H,1H3. The van der Waals surface area contributed by atoms with Gasteiger partial charge in [-0.25, -0.2) is 4.98 Å². The molecular formula is C10H7F3N2O2. The third kappa shape index (κ3) is 2.08. The number of alkyl halides is 3. The topological polar surface area (TPSA) is 43.6 Å². The van der Waals surface area contributed by atoms with Crippen LogP contribution in [0.25, 0.3) is 5.65 Å². The lowest BCUT2D eigenvalue weighted by Gasteiger charge is -2.08. The van der Waals surface area contributed by atoms with E-state index in [2.05, 4.69) is 4.98 Å². The van der Waals surface area contributed by atoms with Crippen molar-refractivity contribution in [3.8, 4) is 5.75 Å². The molecule has 0 saturated heterocycles. The van der Waals surface area contributed by atoms with Gasteiger partial charge in [-0.1, -0.05) is 0 Å². The minimum Gasteiger partial charge on any atom is -0.495 e. The Morgan fingerprint density at radius 2 is 2.06 bits per heavy atom. The predicted octanol–water partition coefficient (Wildman–Crippen LogP) is 1.72. The van der Waals surface area contributed by atoms with E-state index in [1.807, 2.05) is 0 Å². The minimum absolute atomic E-state index is 0.0781. The van der Waals surface area contributed by atoms with Crippen LogP contribution in [0.2, 0.25) is 0 Å². The summed E-state index contributed by atoms with van der Waals surface area (Å²) in [5.74, 6) is 0.362. The van der Waals surface area contributed by atoms with Gasteiger partial charge in [0.1, 0.15) is 11.4 Å². The Morgan fingerprint density at radius 3 is 2.65 bits per heavy atom. The van der Waals surface area contributed by atoms with Crippen LogP contribution in [-0.2, 0) is 6.18 Å². The lowest BCUT2D eigenvalue weighted by Crippen LogP contribution is -2.19. The van der Waals surface area contributed by atoms with E-state index >= 15 is 0 Å². The zero-order valence-electron chi connectivity index (χ0n) is 8.65. The van der Waals surface area contributed by atoms with Gasteiger partial charge in [0.2, 0.25) is 0 Å². The van der Waals surface area contributed by atoms with Crippen LogP contribution in [0.15, 0.2) is 29.2 Å². The summed E-state index contributed by atoms with van der Waals surface area (Å²) < 4.78 is 43.1. The molecule has 0 saturated carbocycles. The molecule has 0 spiro atoms. The molecule has 7 heteroatoms. The zero-order valence-corrected chi connectivity index (χ0v) is 8.65. The second kappa shape index (κ2) is 3.76. The average molecular weight is 244 g/mol. The van der Waals surface area contributed by atoms with Crippen molar-refractivity contribution < 1.29 is 17.9 Å². The van der Waals surface area contributed by atoms with Crippen LogP contribution < -0.4 is 10.3 Å². The van der Waals surface area contributed by atoms with Gasteiger partial charge in [0.15, 0.2) is 5.69 Å². The van der Waals surface area contributed by atoms with Gasteiger partial charge < -0.3 is 4.74 Å². The van der Waals surface area contributed by atoms with Crippen LogP contribution in [0.4, 0.5) is 13.2 Å². The van der Waals surface area contributed by atoms with Crippen molar-refractivity contribution in [2.75, 3.05) is 7.11 Å². The number of ether oxygens (including phenoxy) is 1. The molecule has 2 rings (SSSR count). The van der Waals surface area contributed by atoms with Gasteiger partial charge in [-0.3, -0.25) is 9.20 Å². The number of pyridine rings is 1. The SMILES string of the molecule is COc1ccc2nc(C(F)(F)F)cc(=O)n2c1. The van der Waals surface area contributed by atoms with E-state index in [1.54, 1.807) is 0 Å². The van der Waals surface area contributed by atoms with Gasteiger partial charge in [-0.05, 0) is 12.1 Å². The molecule has 0 N–H and O–H groups in total. The molecule has 2 heterocycles. The Labute approximate surface area is 93.3 Å². The third-order valence-electron chi connectivity index (χ3n) is 2.16. The molecule has 17 heavy (non-hydrogen) atoms. The summed E-state index contributed by atoms with van der Waals surface area (Å²) in [5.41, 5.74) is -2.08. The summed E-state index contributed by atoms with van der Waals surface area (Å²) in [4.78, 5) is 14.8. The van der Waals surface area contributed by atoms with Crippen LogP contribution in [0, 0.1) is 0 Å². The molecule has 0 aliphatic heterocycles. The van der Waals surface area contributed by atoms with Gasteiger partial charge >= 0.3 is 6.18 Å². The smallest absolute Gasteiger partial charge is 0.433 e. The normalized spacial score (nSPS) is 11.8. The number of halogens is 3. The van der Waals surface area contributed by atoms with Crippen molar-refractivity contribution >= 4 is 5.65 Å². The molecule has 2 aromatic heterocycles. The van der Waals surface area contributed by atoms with Gasteiger partial charge in [0.05, 0.1) is 13.3 Å². The first kappa shape index (κ1) is 11.4. The fraction of sp³-hybridized carbons (Fsp3) is 0.200.